The van der Waals surface area contributed by atoms with Crippen molar-refractivity contribution in [1.29, 1.82) is 0 Å². The highest BCUT2D eigenvalue weighted by atomic mass is 16.5. The predicted octanol–water partition coefficient (Wildman–Crippen LogP) is 3.23. The van der Waals surface area contributed by atoms with Crippen molar-refractivity contribution >= 4 is 5.96 Å². The Morgan fingerprint density at radius 3 is 2.76 bits per heavy atom. The van der Waals surface area contributed by atoms with Crippen LogP contribution in [0, 0.1) is 0 Å². The summed E-state index contributed by atoms with van der Waals surface area (Å²) in [5.41, 5.74) is 2.49. The lowest BCUT2D eigenvalue weighted by molar-refractivity contribution is 0.254. The molecule has 2 N–H and O–H groups in total. The Hall–Kier alpha value is -1.91. The summed E-state index contributed by atoms with van der Waals surface area (Å²) in [6.07, 6.45) is 2.30. The first-order valence-corrected chi connectivity index (χ1v) is 9.28. The monoisotopic (exact) mass is 345 g/mol. The first-order chi connectivity index (χ1) is 11.8. The van der Waals surface area contributed by atoms with Gasteiger partial charge >= 0.3 is 0 Å². The third kappa shape index (κ3) is 4.20. The maximum Gasteiger partial charge on any atom is 0.191 e. The molecule has 0 saturated heterocycles. The Balaban J connectivity index is 1.74. The van der Waals surface area contributed by atoms with Gasteiger partial charge in [-0.15, -0.1) is 0 Å². The van der Waals surface area contributed by atoms with Crippen LogP contribution in [0.3, 0.4) is 0 Å². The van der Waals surface area contributed by atoms with Gasteiger partial charge in [0, 0.05) is 42.1 Å². The van der Waals surface area contributed by atoms with Crippen LogP contribution < -0.4 is 20.1 Å². The molecule has 138 valence electrons. The fraction of sp³-hybridized carbons (Fsp3) is 0.650. The Kier molecular flexibility index (Phi) is 4.85. The fourth-order valence-corrected chi connectivity index (χ4v) is 3.41. The van der Waals surface area contributed by atoms with Gasteiger partial charge in [-0.2, -0.15) is 0 Å². The Morgan fingerprint density at radius 1 is 1.36 bits per heavy atom. The van der Waals surface area contributed by atoms with Gasteiger partial charge in [0.05, 0.1) is 6.61 Å². The summed E-state index contributed by atoms with van der Waals surface area (Å²) in [6, 6.07) is 4.75. The molecule has 1 fully saturated rings. The number of rotatable bonds is 4. The standard InChI is InChI=1S/C20H31N3O2/c1-7-24-18-9-13-8-12(2)25-17(13)11-15(18)14-10-16(14)22-19(21-6)23-20(3,4)5/h9,11-12,14,16H,7-8,10H2,1-6H3,(H2,21,22,23). The van der Waals surface area contributed by atoms with Gasteiger partial charge in [-0.1, -0.05) is 0 Å². The Labute approximate surface area is 151 Å². The molecule has 2 aliphatic rings. The van der Waals surface area contributed by atoms with Crippen LogP contribution in [0.25, 0.3) is 0 Å². The average Bonchev–Trinajstić information content (AvgIpc) is 3.17. The number of hydrogen-bond donors (Lipinski definition) is 2. The molecule has 5 nitrogen and oxygen atoms in total. The number of fused-ring (bicyclic) bond motifs is 1. The summed E-state index contributed by atoms with van der Waals surface area (Å²) in [7, 11) is 1.81. The normalized spacial score (nSPS) is 25.2. The molecule has 5 heteroatoms. The molecular weight excluding hydrogens is 314 g/mol. The lowest BCUT2D eigenvalue weighted by Gasteiger charge is -2.24. The molecule has 0 amide bonds. The van der Waals surface area contributed by atoms with E-state index in [1.54, 1.807) is 0 Å². The van der Waals surface area contributed by atoms with Crippen LogP contribution in [-0.2, 0) is 6.42 Å². The van der Waals surface area contributed by atoms with Gasteiger partial charge in [-0.25, -0.2) is 0 Å². The number of nitrogens with one attached hydrogen (secondary N) is 2. The summed E-state index contributed by atoms with van der Waals surface area (Å²) in [4.78, 5) is 4.35. The van der Waals surface area contributed by atoms with Crippen LogP contribution in [0.2, 0.25) is 0 Å². The second kappa shape index (κ2) is 6.77. The van der Waals surface area contributed by atoms with Crippen LogP contribution in [0.5, 0.6) is 11.5 Å². The van der Waals surface area contributed by atoms with E-state index in [-0.39, 0.29) is 11.6 Å². The smallest absolute Gasteiger partial charge is 0.191 e. The van der Waals surface area contributed by atoms with Gasteiger partial charge in [0.1, 0.15) is 17.6 Å². The van der Waals surface area contributed by atoms with Crippen molar-refractivity contribution in [3.63, 3.8) is 0 Å². The van der Waals surface area contributed by atoms with Gasteiger partial charge in [-0.05, 0) is 53.2 Å². The van der Waals surface area contributed by atoms with Gasteiger partial charge < -0.3 is 20.1 Å². The lowest BCUT2D eigenvalue weighted by atomic mass is 10.0. The molecule has 1 aliphatic carbocycles. The van der Waals surface area contributed by atoms with E-state index in [1.807, 2.05) is 14.0 Å². The summed E-state index contributed by atoms with van der Waals surface area (Å²) < 4.78 is 11.9. The zero-order valence-electron chi connectivity index (χ0n) is 16.3. The summed E-state index contributed by atoms with van der Waals surface area (Å²) in [5.74, 6) is 3.31. The van der Waals surface area contributed by atoms with Crippen molar-refractivity contribution in [2.75, 3.05) is 13.7 Å². The van der Waals surface area contributed by atoms with Crippen molar-refractivity contribution < 1.29 is 9.47 Å². The number of ether oxygens (including phenoxy) is 2. The number of benzene rings is 1. The van der Waals surface area contributed by atoms with E-state index in [9.17, 15) is 0 Å². The topological polar surface area (TPSA) is 54.9 Å². The molecule has 3 atom stereocenters. The minimum atomic E-state index is -0.0136. The van der Waals surface area contributed by atoms with Gasteiger partial charge in [0.25, 0.3) is 0 Å². The van der Waals surface area contributed by atoms with E-state index in [0.717, 1.165) is 30.3 Å². The highest BCUT2D eigenvalue weighted by Gasteiger charge is 2.42. The first kappa shape index (κ1) is 17.9. The molecule has 25 heavy (non-hydrogen) atoms. The summed E-state index contributed by atoms with van der Waals surface area (Å²) in [6.45, 7) is 11.2. The fourth-order valence-electron chi connectivity index (χ4n) is 3.41. The van der Waals surface area contributed by atoms with E-state index < -0.39 is 0 Å². The summed E-state index contributed by atoms with van der Waals surface area (Å²) in [5, 5.41) is 6.95. The highest BCUT2D eigenvalue weighted by Crippen LogP contribution is 2.48. The molecule has 3 unspecified atom stereocenters. The van der Waals surface area contributed by atoms with Crippen LogP contribution >= 0.6 is 0 Å². The number of hydrogen-bond acceptors (Lipinski definition) is 3. The molecule has 0 bridgehead atoms. The molecule has 1 heterocycles. The minimum absolute atomic E-state index is 0.0136. The minimum Gasteiger partial charge on any atom is -0.494 e. The van der Waals surface area contributed by atoms with Crippen molar-refractivity contribution in [2.45, 2.75) is 71.1 Å². The van der Waals surface area contributed by atoms with Crippen LogP contribution in [-0.4, -0.2) is 37.3 Å². The number of nitrogens with zero attached hydrogens (tertiary/aromatic N) is 1. The van der Waals surface area contributed by atoms with E-state index in [4.69, 9.17) is 9.47 Å². The van der Waals surface area contributed by atoms with E-state index >= 15 is 0 Å². The lowest BCUT2D eigenvalue weighted by Crippen LogP contribution is -2.48. The van der Waals surface area contributed by atoms with Crippen LogP contribution in [0.1, 0.15) is 58.1 Å². The van der Waals surface area contributed by atoms with Crippen molar-refractivity contribution in [1.82, 2.24) is 10.6 Å². The van der Waals surface area contributed by atoms with E-state index in [0.29, 0.717) is 18.6 Å². The van der Waals surface area contributed by atoms with Gasteiger partial charge in [0.2, 0.25) is 0 Å². The van der Waals surface area contributed by atoms with Crippen LogP contribution in [0.4, 0.5) is 0 Å². The SMILES string of the molecule is CCOc1cc2c(cc1C1CC1NC(=NC)NC(C)(C)C)OC(C)C2. The molecule has 3 rings (SSSR count). The second-order valence-electron chi connectivity index (χ2n) is 8.10. The second-order valence-corrected chi connectivity index (χ2v) is 8.10. The van der Waals surface area contributed by atoms with Crippen molar-refractivity contribution in [3.05, 3.63) is 23.3 Å². The zero-order valence-corrected chi connectivity index (χ0v) is 16.3. The molecule has 1 saturated carbocycles. The Morgan fingerprint density at radius 2 is 2.12 bits per heavy atom. The van der Waals surface area contributed by atoms with Crippen LogP contribution in [0.15, 0.2) is 17.1 Å². The van der Waals surface area contributed by atoms with Crippen molar-refractivity contribution in [2.24, 2.45) is 4.99 Å². The Bertz CT molecular complexity index is 664. The molecule has 1 aromatic rings. The molecule has 0 spiro atoms. The first-order valence-electron chi connectivity index (χ1n) is 9.28. The van der Waals surface area contributed by atoms with Crippen molar-refractivity contribution in [3.8, 4) is 11.5 Å². The molecule has 0 radical (unpaired) electrons. The largest absolute Gasteiger partial charge is 0.494 e. The molecular formula is C20H31N3O2. The van der Waals surface area contributed by atoms with E-state index in [2.05, 4.69) is 55.5 Å². The highest BCUT2D eigenvalue weighted by molar-refractivity contribution is 5.81. The zero-order chi connectivity index (χ0) is 18.2. The third-order valence-corrected chi connectivity index (χ3v) is 4.56. The van der Waals surface area contributed by atoms with Gasteiger partial charge in [0.15, 0.2) is 5.96 Å². The average molecular weight is 345 g/mol. The third-order valence-electron chi connectivity index (χ3n) is 4.56. The maximum atomic E-state index is 5.95. The maximum absolute atomic E-state index is 5.95. The number of guanidine groups is 1. The summed E-state index contributed by atoms with van der Waals surface area (Å²) >= 11 is 0. The quantitative estimate of drug-likeness (QED) is 0.650. The predicted molar refractivity (Wildman–Crippen MR) is 102 cm³/mol. The number of aliphatic imine (C=N–C) groups is 1. The van der Waals surface area contributed by atoms with E-state index in [1.165, 1.54) is 11.1 Å². The van der Waals surface area contributed by atoms with Gasteiger partial charge in [-0.3, -0.25) is 4.99 Å². The molecule has 1 aromatic carbocycles. The molecule has 1 aliphatic heterocycles. The molecule has 0 aromatic heterocycles.